The fourth-order valence-electron chi connectivity index (χ4n) is 8.42. The number of carbonyl (C=O) groups excluding carboxylic acids is 1. The van der Waals surface area contributed by atoms with E-state index >= 15 is 0 Å². The lowest BCUT2D eigenvalue weighted by Gasteiger charge is -2.59. The van der Waals surface area contributed by atoms with Crippen LogP contribution >= 0.6 is 0 Å². The third kappa shape index (κ3) is 8.26. The maximum atomic E-state index is 13.6. The fraction of sp³-hybridized carbons (Fsp3) is 0.575. The van der Waals surface area contributed by atoms with Gasteiger partial charge in [-0.15, -0.1) is 6.58 Å². The van der Waals surface area contributed by atoms with Gasteiger partial charge in [0.1, 0.15) is 31.3 Å². The number of oxime groups is 1. The quantitative estimate of drug-likeness (QED) is 0.0987. The molecule has 11 nitrogen and oxygen atoms in total. The van der Waals surface area contributed by atoms with E-state index in [0.717, 1.165) is 53.9 Å². The topological polar surface area (TPSA) is 132 Å². The van der Waals surface area contributed by atoms with Gasteiger partial charge in [0.05, 0.1) is 31.0 Å². The number of hydrogen-bond donors (Lipinski definition) is 2. The number of carbonyl (C=O) groups is 1. The van der Waals surface area contributed by atoms with Crippen molar-refractivity contribution < 1.29 is 38.8 Å². The van der Waals surface area contributed by atoms with Crippen LogP contribution < -0.4 is 9.47 Å². The van der Waals surface area contributed by atoms with Crippen LogP contribution in [0.5, 0.6) is 11.5 Å². The molecular weight excluding hydrogens is 650 g/mol. The lowest BCUT2D eigenvalue weighted by molar-refractivity contribution is -0.255. The summed E-state index contributed by atoms with van der Waals surface area (Å²) in [5.74, 6) is -0.210. The van der Waals surface area contributed by atoms with Crippen molar-refractivity contribution in [2.75, 3.05) is 40.6 Å². The van der Waals surface area contributed by atoms with Gasteiger partial charge in [-0.1, -0.05) is 43.1 Å². The number of hydrogen-bond acceptors (Lipinski definition) is 10. The Morgan fingerprint density at radius 1 is 1.14 bits per heavy atom. The Morgan fingerprint density at radius 3 is 2.61 bits per heavy atom. The van der Waals surface area contributed by atoms with Crippen molar-refractivity contribution in [2.45, 2.75) is 89.6 Å². The van der Waals surface area contributed by atoms with Gasteiger partial charge in [-0.2, -0.15) is 0 Å². The van der Waals surface area contributed by atoms with Crippen LogP contribution in [0.1, 0.15) is 81.2 Å². The van der Waals surface area contributed by atoms with Crippen molar-refractivity contribution >= 4 is 11.8 Å². The van der Waals surface area contributed by atoms with Crippen LogP contribution in [-0.2, 0) is 20.9 Å². The lowest BCUT2D eigenvalue weighted by Crippen LogP contribution is -2.70. The molecule has 2 heterocycles. The highest BCUT2D eigenvalue weighted by molar-refractivity contribution is 6.02. The summed E-state index contributed by atoms with van der Waals surface area (Å²) in [6, 6.07) is 11.2. The van der Waals surface area contributed by atoms with E-state index in [1.165, 1.54) is 7.11 Å². The van der Waals surface area contributed by atoms with Gasteiger partial charge in [0.15, 0.2) is 0 Å². The Hall–Kier alpha value is -3.93. The number of fused-ring (bicyclic) bond motifs is 2. The highest BCUT2D eigenvalue weighted by atomic mass is 16.7. The van der Waals surface area contributed by atoms with E-state index in [2.05, 4.69) is 28.9 Å². The second-order valence-corrected chi connectivity index (χ2v) is 13.7. The molecule has 1 aromatic carbocycles. The smallest absolute Gasteiger partial charge is 0.409 e. The molecule has 11 heteroatoms. The van der Waals surface area contributed by atoms with Crippen LogP contribution in [0.2, 0.25) is 0 Å². The van der Waals surface area contributed by atoms with E-state index in [1.807, 2.05) is 44.2 Å². The summed E-state index contributed by atoms with van der Waals surface area (Å²) < 4.78 is 25.8. The molecule has 1 aromatic heterocycles. The Balaban J connectivity index is 1.73. The molecule has 1 aliphatic heterocycles. The summed E-state index contributed by atoms with van der Waals surface area (Å²) in [5, 5.41) is 24.1. The molecule has 0 radical (unpaired) electrons. The molecular formula is C40H55N3O8. The van der Waals surface area contributed by atoms with Crippen molar-refractivity contribution in [2.24, 2.45) is 22.9 Å². The zero-order chi connectivity index (χ0) is 36.4. The van der Waals surface area contributed by atoms with E-state index in [0.29, 0.717) is 50.3 Å². The fourth-order valence-corrected chi connectivity index (χ4v) is 8.42. The normalized spacial score (nSPS) is 25.6. The summed E-state index contributed by atoms with van der Waals surface area (Å²) in [6.07, 6.45) is 9.40. The number of methoxy groups -OCH3 is 1. The summed E-state index contributed by atoms with van der Waals surface area (Å²) in [4.78, 5) is 25.4. The second kappa shape index (κ2) is 18.0. The zero-order valence-corrected chi connectivity index (χ0v) is 30.6. The van der Waals surface area contributed by atoms with Crippen molar-refractivity contribution in [1.29, 1.82) is 0 Å². The molecule has 2 aliphatic carbocycles. The molecule has 1 saturated carbocycles. The average molecular weight is 706 g/mol. The van der Waals surface area contributed by atoms with Crippen LogP contribution in [0.15, 0.2) is 65.9 Å². The Bertz CT molecular complexity index is 1550. The van der Waals surface area contributed by atoms with E-state index < -0.39 is 17.9 Å². The molecule has 0 unspecified atom stereocenters. The predicted octanol–water partition coefficient (Wildman–Crippen LogP) is 6.71. The maximum Gasteiger partial charge on any atom is 0.409 e. The van der Waals surface area contributed by atoms with Gasteiger partial charge < -0.3 is 34.0 Å². The molecule has 3 aliphatic rings. The largest absolute Gasteiger partial charge is 0.487 e. The number of amides is 1. The third-order valence-electron chi connectivity index (χ3n) is 10.4. The Labute approximate surface area is 302 Å². The van der Waals surface area contributed by atoms with Gasteiger partial charge in [-0.3, -0.25) is 9.88 Å². The number of ether oxygens (including phenoxy) is 4. The first kappa shape index (κ1) is 38.3. The number of aryl methyl sites for hydroxylation is 1. The summed E-state index contributed by atoms with van der Waals surface area (Å²) in [7, 11) is 2.93. The molecule has 2 N–H and O–H groups in total. The standard InChI is InChI=1S/C40H55N3O8/c1-6-19-43(39(46)47-4)36-25-34(42-48-5)32-23-28(14-8-10-20-44)31(16-9-11-21-45)37-33-24-30(49-26-29-15-12-13-27(3)41-29)17-18-35(33)51-40(36,38(32)37)50-22-7-2/h7,12-13,15,17-18,23-24,28,31,36-38,44-45H,2,6,8-11,14,16,19-22,25-26H2,1,3-5H3/t28-,31+,36-,37+,38+,40+/m0/s1. The van der Waals surface area contributed by atoms with Crippen molar-refractivity contribution in [3.8, 4) is 11.5 Å². The van der Waals surface area contributed by atoms with Gasteiger partial charge >= 0.3 is 6.09 Å². The van der Waals surface area contributed by atoms with Crippen molar-refractivity contribution in [1.82, 2.24) is 9.88 Å². The number of aromatic nitrogens is 1. The minimum Gasteiger partial charge on any atom is -0.487 e. The highest BCUT2D eigenvalue weighted by Gasteiger charge is 2.65. The molecule has 1 fully saturated rings. The van der Waals surface area contributed by atoms with Gasteiger partial charge in [0, 0.05) is 43.4 Å². The molecule has 51 heavy (non-hydrogen) atoms. The molecule has 5 rings (SSSR count). The van der Waals surface area contributed by atoms with Crippen molar-refractivity contribution in [3.05, 3.63) is 77.7 Å². The third-order valence-corrected chi connectivity index (χ3v) is 10.4. The van der Waals surface area contributed by atoms with Gasteiger partial charge in [-0.05, 0) is 86.8 Å². The molecule has 6 atom stereocenters. The zero-order valence-electron chi connectivity index (χ0n) is 30.6. The lowest BCUT2D eigenvalue weighted by atomic mass is 9.55. The minimum atomic E-state index is -1.31. The van der Waals surface area contributed by atoms with Gasteiger partial charge in [0.2, 0.25) is 5.79 Å². The number of rotatable bonds is 18. The van der Waals surface area contributed by atoms with Crippen molar-refractivity contribution in [3.63, 3.8) is 0 Å². The number of allylic oxidation sites excluding steroid dienone is 1. The Morgan fingerprint density at radius 2 is 1.92 bits per heavy atom. The van der Waals surface area contributed by atoms with Crippen LogP contribution in [-0.4, -0.2) is 84.3 Å². The monoisotopic (exact) mass is 705 g/mol. The number of nitrogens with zero attached hydrogens (tertiary/aromatic N) is 3. The van der Waals surface area contributed by atoms with Gasteiger partial charge in [-0.25, -0.2) is 4.79 Å². The number of pyridine rings is 1. The van der Waals surface area contributed by atoms with E-state index in [-0.39, 0.29) is 43.5 Å². The highest BCUT2D eigenvalue weighted by Crippen LogP contribution is 2.62. The van der Waals surface area contributed by atoms with Crippen LogP contribution in [0.3, 0.4) is 0 Å². The second-order valence-electron chi connectivity index (χ2n) is 13.7. The summed E-state index contributed by atoms with van der Waals surface area (Å²) in [6.45, 7) is 9.14. The van der Waals surface area contributed by atoms with E-state index in [1.54, 1.807) is 18.1 Å². The molecule has 2 aromatic rings. The summed E-state index contributed by atoms with van der Waals surface area (Å²) >= 11 is 0. The number of unbranched alkanes of at least 4 members (excludes halogenated alkanes) is 2. The maximum absolute atomic E-state index is 13.6. The number of aliphatic hydroxyl groups is 2. The van der Waals surface area contributed by atoms with Crippen LogP contribution in [0.4, 0.5) is 4.79 Å². The van der Waals surface area contributed by atoms with Gasteiger partial charge in [0.25, 0.3) is 0 Å². The molecule has 0 spiro atoms. The van der Waals surface area contributed by atoms with E-state index in [9.17, 15) is 15.0 Å². The van der Waals surface area contributed by atoms with Crippen LogP contribution in [0, 0.1) is 24.7 Å². The summed E-state index contributed by atoms with van der Waals surface area (Å²) in [5.41, 5.74) is 4.48. The minimum absolute atomic E-state index is 0.117. The first-order valence-electron chi connectivity index (χ1n) is 18.4. The average Bonchev–Trinajstić information content (AvgIpc) is 3.14. The first-order chi connectivity index (χ1) is 24.8. The first-order valence-corrected chi connectivity index (χ1v) is 18.4. The predicted molar refractivity (Wildman–Crippen MR) is 195 cm³/mol. The molecule has 1 amide bonds. The number of aliphatic hydroxyl groups excluding tert-OH is 2. The Kier molecular flexibility index (Phi) is 13.5. The SMILES string of the molecule is C=CCO[C@@]12Oc3ccc(OCc4cccc(C)n4)cc3[C@H]3[C@H](CCCCO)[C@@H](CCCCO)C=C(C(=NOC)C[C@@H]1N(CCC)C(=O)OC)[C@H]32. The van der Waals surface area contributed by atoms with Crippen LogP contribution in [0.25, 0.3) is 0 Å². The van der Waals surface area contributed by atoms with E-state index in [4.69, 9.17) is 23.8 Å². The number of benzene rings is 1. The molecule has 0 saturated heterocycles. The molecule has 0 bridgehead atoms. The molecule has 278 valence electrons.